The van der Waals surface area contributed by atoms with Gasteiger partial charge >= 0.3 is 0 Å². The van der Waals surface area contributed by atoms with E-state index in [1.54, 1.807) is 12.3 Å². The lowest BCUT2D eigenvalue weighted by atomic mass is 10.1. The maximum absolute atomic E-state index is 6.06. The van der Waals surface area contributed by atoms with Gasteiger partial charge in [0.25, 0.3) is 0 Å². The van der Waals surface area contributed by atoms with E-state index >= 15 is 0 Å². The van der Waals surface area contributed by atoms with Crippen LogP contribution in [0.3, 0.4) is 0 Å². The Morgan fingerprint density at radius 2 is 2.11 bits per heavy atom. The smallest absolute Gasteiger partial charge is 0.0768 e. The van der Waals surface area contributed by atoms with Gasteiger partial charge in [0, 0.05) is 24.0 Å². The van der Waals surface area contributed by atoms with Gasteiger partial charge in [-0.15, -0.1) is 12.4 Å². The molecule has 0 radical (unpaired) electrons. The highest BCUT2D eigenvalue weighted by Gasteiger charge is 2.04. The fourth-order valence-electron chi connectivity index (χ4n) is 1.76. The molecule has 0 atom stereocenters. The predicted octanol–water partition coefficient (Wildman–Crippen LogP) is 4.46. The van der Waals surface area contributed by atoms with Crippen molar-refractivity contribution in [3.63, 3.8) is 0 Å². The van der Waals surface area contributed by atoms with Gasteiger partial charge in [0.15, 0.2) is 0 Å². The Hall–Kier alpha value is -0.570. The highest BCUT2D eigenvalue weighted by atomic mass is 35.5. The van der Waals surface area contributed by atoms with Crippen molar-refractivity contribution in [2.45, 2.75) is 19.3 Å². The van der Waals surface area contributed by atoms with Crippen molar-refractivity contribution < 1.29 is 0 Å². The zero-order valence-corrected chi connectivity index (χ0v) is 12.2. The molecule has 1 aliphatic heterocycles. The van der Waals surface area contributed by atoms with Crippen LogP contribution in [0, 0.1) is 0 Å². The number of halogens is 3. The number of hydrogen-bond donors (Lipinski definition) is 0. The van der Waals surface area contributed by atoms with E-state index < -0.39 is 0 Å². The molecule has 0 saturated heterocycles. The van der Waals surface area contributed by atoms with Gasteiger partial charge in [-0.25, -0.2) is 0 Å². The minimum Gasteiger partial charge on any atom is -0.292 e. The van der Waals surface area contributed by atoms with E-state index in [0.717, 1.165) is 18.5 Å². The topological polar surface area (TPSA) is 24.7 Å². The van der Waals surface area contributed by atoms with Crippen LogP contribution in [-0.4, -0.2) is 25.0 Å². The SMILES string of the molecule is Cl.Clc1cccc(C=NCC2=NCCCC2)c1Cl. The second kappa shape index (κ2) is 7.78. The summed E-state index contributed by atoms with van der Waals surface area (Å²) in [6.07, 6.45) is 5.27. The summed E-state index contributed by atoms with van der Waals surface area (Å²) in [7, 11) is 0. The fraction of sp³-hybridized carbons (Fsp3) is 0.385. The van der Waals surface area contributed by atoms with Gasteiger partial charge < -0.3 is 0 Å². The molecule has 0 N–H and O–H groups in total. The summed E-state index contributed by atoms with van der Waals surface area (Å²) in [6, 6.07) is 5.54. The van der Waals surface area contributed by atoms with Crippen LogP contribution in [0.1, 0.15) is 24.8 Å². The van der Waals surface area contributed by atoms with Gasteiger partial charge in [0.2, 0.25) is 0 Å². The number of benzene rings is 1. The first-order chi connectivity index (χ1) is 8.27. The summed E-state index contributed by atoms with van der Waals surface area (Å²) in [4.78, 5) is 8.81. The molecule has 1 aromatic rings. The molecule has 0 spiro atoms. The molecule has 0 unspecified atom stereocenters. The van der Waals surface area contributed by atoms with Crippen molar-refractivity contribution in [3.8, 4) is 0 Å². The zero-order valence-electron chi connectivity index (χ0n) is 9.90. The molecule has 0 aliphatic carbocycles. The summed E-state index contributed by atoms with van der Waals surface area (Å²) >= 11 is 12.0. The van der Waals surface area contributed by atoms with Gasteiger partial charge in [-0.1, -0.05) is 35.3 Å². The molecule has 5 heteroatoms. The van der Waals surface area contributed by atoms with Crippen molar-refractivity contribution in [1.29, 1.82) is 0 Å². The van der Waals surface area contributed by atoms with Gasteiger partial charge in [0.1, 0.15) is 0 Å². The summed E-state index contributed by atoms with van der Waals surface area (Å²) in [5, 5.41) is 1.12. The maximum atomic E-state index is 6.06. The van der Waals surface area contributed by atoms with Crippen molar-refractivity contribution in [3.05, 3.63) is 33.8 Å². The Morgan fingerprint density at radius 3 is 2.83 bits per heavy atom. The summed E-state index contributed by atoms with van der Waals surface area (Å²) in [5.41, 5.74) is 2.04. The van der Waals surface area contributed by atoms with Crippen LogP contribution in [0.5, 0.6) is 0 Å². The van der Waals surface area contributed by atoms with E-state index in [2.05, 4.69) is 9.98 Å². The molecule has 98 valence electrons. The number of hydrogen-bond acceptors (Lipinski definition) is 2. The molecule has 0 aromatic heterocycles. The zero-order chi connectivity index (χ0) is 12.1. The predicted molar refractivity (Wildman–Crippen MR) is 82.3 cm³/mol. The van der Waals surface area contributed by atoms with Crippen LogP contribution >= 0.6 is 35.6 Å². The number of aliphatic imine (C=N–C) groups is 2. The Labute approximate surface area is 124 Å². The quantitative estimate of drug-likeness (QED) is 0.737. The average molecular weight is 306 g/mol. The third kappa shape index (κ3) is 4.27. The number of rotatable bonds is 3. The second-order valence-corrected chi connectivity index (χ2v) is 4.80. The van der Waals surface area contributed by atoms with Crippen LogP contribution in [0.4, 0.5) is 0 Å². The first-order valence-corrected chi connectivity index (χ1v) is 6.49. The lowest BCUT2D eigenvalue weighted by Gasteiger charge is -2.08. The summed E-state index contributed by atoms with van der Waals surface area (Å²) in [5.74, 6) is 0. The van der Waals surface area contributed by atoms with E-state index in [-0.39, 0.29) is 12.4 Å². The highest BCUT2D eigenvalue weighted by molar-refractivity contribution is 6.43. The molecule has 2 nitrogen and oxygen atoms in total. The molecule has 0 amide bonds. The largest absolute Gasteiger partial charge is 0.292 e. The molecular weight excluding hydrogens is 291 g/mol. The first kappa shape index (κ1) is 15.5. The average Bonchev–Trinajstić information content (AvgIpc) is 2.36. The standard InChI is InChI=1S/C13H14Cl2N2.ClH/c14-12-6-3-4-10(13(12)15)8-16-9-11-5-1-2-7-17-11;/h3-4,6,8H,1-2,5,7,9H2;1H. The van der Waals surface area contributed by atoms with E-state index in [1.165, 1.54) is 18.6 Å². The van der Waals surface area contributed by atoms with Crippen LogP contribution in [0.25, 0.3) is 0 Å². The fourth-order valence-corrected chi connectivity index (χ4v) is 2.11. The Morgan fingerprint density at radius 1 is 1.28 bits per heavy atom. The first-order valence-electron chi connectivity index (χ1n) is 5.73. The Kier molecular flexibility index (Phi) is 6.69. The maximum Gasteiger partial charge on any atom is 0.0768 e. The molecule has 0 saturated carbocycles. The molecule has 2 rings (SSSR count). The van der Waals surface area contributed by atoms with E-state index in [4.69, 9.17) is 23.2 Å². The van der Waals surface area contributed by atoms with Crippen molar-refractivity contribution in [2.75, 3.05) is 13.1 Å². The normalized spacial score (nSPS) is 15.3. The van der Waals surface area contributed by atoms with Gasteiger partial charge in [0.05, 0.1) is 16.6 Å². The summed E-state index contributed by atoms with van der Waals surface area (Å²) in [6.45, 7) is 1.62. The highest BCUT2D eigenvalue weighted by Crippen LogP contribution is 2.24. The van der Waals surface area contributed by atoms with Crippen LogP contribution < -0.4 is 0 Å². The second-order valence-electron chi connectivity index (χ2n) is 4.02. The van der Waals surface area contributed by atoms with Crippen molar-refractivity contribution in [2.24, 2.45) is 9.98 Å². The molecule has 1 aromatic carbocycles. The molecule has 0 fully saturated rings. The molecule has 18 heavy (non-hydrogen) atoms. The van der Waals surface area contributed by atoms with Crippen LogP contribution in [-0.2, 0) is 0 Å². The van der Waals surface area contributed by atoms with E-state index in [0.29, 0.717) is 16.6 Å². The lowest BCUT2D eigenvalue weighted by Crippen LogP contribution is -2.09. The third-order valence-corrected chi connectivity index (χ3v) is 3.53. The molecule has 1 aliphatic rings. The third-order valence-electron chi connectivity index (χ3n) is 2.69. The van der Waals surface area contributed by atoms with Gasteiger partial charge in [-0.05, 0) is 25.3 Å². The van der Waals surface area contributed by atoms with Crippen molar-refractivity contribution in [1.82, 2.24) is 0 Å². The Balaban J connectivity index is 0.00000162. The molecule has 0 bridgehead atoms. The minimum atomic E-state index is 0. The Bertz CT molecular complexity index is 456. The monoisotopic (exact) mass is 304 g/mol. The van der Waals surface area contributed by atoms with Gasteiger partial charge in [-0.3, -0.25) is 9.98 Å². The van der Waals surface area contributed by atoms with E-state index in [1.807, 2.05) is 12.1 Å². The van der Waals surface area contributed by atoms with Crippen LogP contribution in [0.15, 0.2) is 28.2 Å². The van der Waals surface area contributed by atoms with Crippen molar-refractivity contribution >= 4 is 47.5 Å². The van der Waals surface area contributed by atoms with E-state index in [9.17, 15) is 0 Å². The number of nitrogens with zero attached hydrogens (tertiary/aromatic N) is 2. The minimum absolute atomic E-state index is 0. The van der Waals surface area contributed by atoms with Crippen LogP contribution in [0.2, 0.25) is 10.0 Å². The molecular formula is C13H15Cl3N2. The molecule has 1 heterocycles. The van der Waals surface area contributed by atoms with Gasteiger partial charge in [-0.2, -0.15) is 0 Å². The summed E-state index contributed by atoms with van der Waals surface area (Å²) < 4.78 is 0. The lowest BCUT2D eigenvalue weighted by molar-refractivity contribution is 0.731.